The predicted molar refractivity (Wildman–Crippen MR) is 19.9 cm³/mol. The van der Waals surface area contributed by atoms with Gasteiger partial charge in [-0.15, -0.1) is 0 Å². The van der Waals surface area contributed by atoms with Gasteiger partial charge in [0.2, 0.25) is 0 Å². The predicted octanol–water partition coefficient (Wildman–Crippen LogP) is 0.407. The van der Waals surface area contributed by atoms with Crippen molar-refractivity contribution in [2.45, 2.75) is 7.43 Å². The topological polar surface area (TPSA) is 55.2 Å². The molecule has 4 N–H and O–H groups in total. The molecule has 0 atom stereocenters. The van der Waals surface area contributed by atoms with Crippen molar-refractivity contribution in [3.8, 4) is 0 Å². The summed E-state index contributed by atoms with van der Waals surface area (Å²) in [5.74, 6) is 0. The van der Waals surface area contributed by atoms with Crippen LogP contribution in [0.3, 0.4) is 0 Å². The quantitative estimate of drug-likeness (QED) is 0.429. The van der Waals surface area contributed by atoms with E-state index < -0.39 is 0 Å². The molecule has 0 aliphatic carbocycles. The molecule has 0 unspecified atom stereocenters. The zero-order valence-corrected chi connectivity index (χ0v) is 2.15. The highest BCUT2D eigenvalue weighted by molar-refractivity contribution is 3.18. The third kappa shape index (κ3) is 254. The second-order valence-corrected chi connectivity index (χ2v) is 0. The first-order chi connectivity index (χ1) is 1.00. The summed E-state index contributed by atoms with van der Waals surface area (Å²) >= 11 is 0. The van der Waals surface area contributed by atoms with Crippen LogP contribution in [0, 0.1) is 0 Å². The first-order valence-corrected chi connectivity index (χ1v) is 0.447. The van der Waals surface area contributed by atoms with E-state index in [0.29, 0.717) is 0 Å². The lowest BCUT2D eigenvalue weighted by molar-refractivity contribution is 0.399. The van der Waals surface area contributed by atoms with Crippen LogP contribution in [0.1, 0.15) is 7.43 Å². The monoisotopic (exact) mass is 65.1 g/mol. The smallest absolute Gasteiger partial charge is 0.0319 e. The van der Waals surface area contributed by atoms with Crippen LogP contribution >= 0.6 is 0 Å². The van der Waals surface area contributed by atoms with E-state index in [2.05, 4.69) is 0 Å². The lowest BCUT2D eigenvalue weighted by Gasteiger charge is -1.21. The van der Waals surface area contributed by atoms with E-state index in [0.717, 1.165) is 7.11 Å². The lowest BCUT2D eigenvalue weighted by atomic mass is 11.8. The number of aliphatic hydroxyl groups is 1. The van der Waals surface area contributed by atoms with Crippen molar-refractivity contribution in [1.29, 1.82) is 0 Å². The molecule has 0 aromatic carbocycles. The number of hydrogen-bond donors (Lipinski definition) is 2. The molecule has 0 rings (SSSR count). The molecule has 0 aliphatic heterocycles. The minimum absolute atomic E-state index is 0. The number of rotatable bonds is 0. The molecule has 2 heteroatoms. The molecule has 0 heterocycles. The summed E-state index contributed by atoms with van der Waals surface area (Å²) in [5, 5.41) is 7.00. The highest BCUT2D eigenvalue weighted by Crippen LogP contribution is 0.755. The van der Waals surface area contributed by atoms with Gasteiger partial charge in [-0.2, -0.15) is 0 Å². The Morgan fingerprint density at radius 2 is 1.25 bits per heavy atom. The van der Waals surface area contributed by atoms with Crippen LogP contribution in [0.2, 0.25) is 0 Å². The van der Waals surface area contributed by atoms with Crippen molar-refractivity contribution in [2.75, 3.05) is 7.11 Å². The summed E-state index contributed by atoms with van der Waals surface area (Å²) < 4.78 is 0. The van der Waals surface area contributed by atoms with Crippen LogP contribution < -0.4 is 6.15 Å². The zero-order valence-electron chi connectivity index (χ0n) is 2.15. The molecular weight excluding hydrogens is 54.0 g/mol. The summed E-state index contributed by atoms with van der Waals surface area (Å²) in [6.07, 6.45) is 0. The SMILES string of the molecule is C.CO.N. The summed E-state index contributed by atoms with van der Waals surface area (Å²) in [5.41, 5.74) is 0. The van der Waals surface area contributed by atoms with E-state index in [1.165, 1.54) is 0 Å². The van der Waals surface area contributed by atoms with Crippen LogP contribution in [0.4, 0.5) is 0 Å². The van der Waals surface area contributed by atoms with Crippen LogP contribution in [0.5, 0.6) is 0 Å². The minimum atomic E-state index is 0. The van der Waals surface area contributed by atoms with Crippen LogP contribution in [0.25, 0.3) is 0 Å². The van der Waals surface area contributed by atoms with E-state index in [9.17, 15) is 0 Å². The molecule has 0 radical (unpaired) electrons. The van der Waals surface area contributed by atoms with Gasteiger partial charge >= 0.3 is 0 Å². The maximum Gasteiger partial charge on any atom is 0.0319 e. The average molecular weight is 65.1 g/mol. The minimum Gasteiger partial charge on any atom is -0.400 e. The Balaban J connectivity index is -0.00000000500. The molecule has 0 saturated carbocycles. The van der Waals surface area contributed by atoms with Gasteiger partial charge in [-0.3, -0.25) is 0 Å². The zero-order chi connectivity index (χ0) is 2.00. The molecule has 0 spiro atoms. The fraction of sp³-hybridized carbons (Fsp3) is 1.00. The second-order valence-electron chi connectivity index (χ2n) is 0. The summed E-state index contributed by atoms with van der Waals surface area (Å²) in [7, 11) is 1.00. The van der Waals surface area contributed by atoms with Crippen molar-refractivity contribution < 1.29 is 5.11 Å². The van der Waals surface area contributed by atoms with Gasteiger partial charge in [-0.1, -0.05) is 7.43 Å². The molecule has 0 aliphatic rings. The van der Waals surface area contributed by atoms with Gasteiger partial charge in [0.15, 0.2) is 0 Å². The van der Waals surface area contributed by atoms with Crippen molar-refractivity contribution in [1.82, 2.24) is 6.15 Å². The standard InChI is InChI=1S/CH4O.CH4.H3N/c1-2;;/h2H,1H3;1H4;1H3. The molecule has 30 valence electrons. The molecule has 0 amide bonds. The first-order valence-electron chi connectivity index (χ1n) is 0.447. The van der Waals surface area contributed by atoms with Gasteiger partial charge in [-0.05, 0) is 0 Å². The average Bonchev–Trinajstić information content (AvgIpc) is 1.00. The molecule has 0 aromatic heterocycles. The second kappa shape index (κ2) is 1680. The molecular formula is C2H11NO. The molecule has 0 bridgehead atoms. The Morgan fingerprint density at radius 3 is 1.25 bits per heavy atom. The molecule has 4 heavy (non-hydrogen) atoms. The molecule has 2 nitrogen and oxygen atoms in total. The molecule has 0 aromatic rings. The van der Waals surface area contributed by atoms with Crippen molar-refractivity contribution in [2.24, 2.45) is 0 Å². The Labute approximate surface area is 27.0 Å². The van der Waals surface area contributed by atoms with E-state index in [4.69, 9.17) is 5.11 Å². The van der Waals surface area contributed by atoms with Crippen molar-refractivity contribution in [3.05, 3.63) is 0 Å². The third-order valence-corrected chi connectivity index (χ3v) is 0. The normalized spacial score (nSPS) is 1.50. The van der Waals surface area contributed by atoms with Gasteiger partial charge in [0.25, 0.3) is 0 Å². The van der Waals surface area contributed by atoms with Crippen LogP contribution in [-0.4, -0.2) is 12.2 Å². The van der Waals surface area contributed by atoms with Crippen molar-refractivity contribution >= 4 is 0 Å². The van der Waals surface area contributed by atoms with E-state index in [1.54, 1.807) is 0 Å². The summed E-state index contributed by atoms with van der Waals surface area (Å²) in [6.45, 7) is 0. The van der Waals surface area contributed by atoms with Gasteiger partial charge in [-0.25, -0.2) is 0 Å². The van der Waals surface area contributed by atoms with Gasteiger partial charge < -0.3 is 11.3 Å². The van der Waals surface area contributed by atoms with Gasteiger partial charge in [0.1, 0.15) is 0 Å². The van der Waals surface area contributed by atoms with E-state index in [1.807, 2.05) is 0 Å². The fourth-order valence-electron chi connectivity index (χ4n) is 0. The summed E-state index contributed by atoms with van der Waals surface area (Å²) in [6, 6.07) is 0. The van der Waals surface area contributed by atoms with Crippen molar-refractivity contribution in [3.63, 3.8) is 0 Å². The van der Waals surface area contributed by atoms with Gasteiger partial charge in [0, 0.05) is 7.11 Å². The van der Waals surface area contributed by atoms with E-state index >= 15 is 0 Å². The van der Waals surface area contributed by atoms with Gasteiger partial charge in [0.05, 0.1) is 0 Å². The Morgan fingerprint density at radius 1 is 1.25 bits per heavy atom. The number of aliphatic hydroxyl groups excluding tert-OH is 1. The summed E-state index contributed by atoms with van der Waals surface area (Å²) in [4.78, 5) is 0. The van der Waals surface area contributed by atoms with Crippen LogP contribution in [-0.2, 0) is 0 Å². The van der Waals surface area contributed by atoms with Crippen LogP contribution in [0.15, 0.2) is 0 Å². The highest BCUT2D eigenvalue weighted by Gasteiger charge is 0.839. The molecule has 0 fully saturated rings. The fourth-order valence-corrected chi connectivity index (χ4v) is 0. The maximum absolute atomic E-state index is 7.00. The first kappa shape index (κ1) is 39.5. The maximum atomic E-state index is 7.00. The lowest BCUT2D eigenvalue weighted by Crippen LogP contribution is -1.25. The Bertz CT molecular complexity index is 6.00. The number of hydrogen-bond acceptors (Lipinski definition) is 2. The molecule has 0 saturated heterocycles. The highest BCUT2D eigenvalue weighted by atomic mass is 16.2. The Hall–Kier alpha value is -0.0800. The Kier molecular flexibility index (Phi) is 16600. The largest absolute Gasteiger partial charge is 0.400 e. The van der Waals surface area contributed by atoms with E-state index in [-0.39, 0.29) is 13.6 Å². The third-order valence-electron chi connectivity index (χ3n) is 0.